The number of methoxy groups -OCH3 is 2. The molecular formula is C31H38ClN3O6S. The van der Waals surface area contributed by atoms with Crippen molar-refractivity contribution in [3.63, 3.8) is 0 Å². The van der Waals surface area contributed by atoms with E-state index in [0.29, 0.717) is 28.6 Å². The highest BCUT2D eigenvalue weighted by molar-refractivity contribution is 7.92. The van der Waals surface area contributed by atoms with Gasteiger partial charge in [-0.1, -0.05) is 54.8 Å². The summed E-state index contributed by atoms with van der Waals surface area (Å²) in [4.78, 5) is 28.4. The fraction of sp³-hybridized carbons (Fsp3) is 0.355. The van der Waals surface area contributed by atoms with Gasteiger partial charge in [0.05, 0.1) is 24.8 Å². The first kappa shape index (κ1) is 32.8. The molecule has 0 saturated heterocycles. The Labute approximate surface area is 253 Å². The van der Waals surface area contributed by atoms with Crippen molar-refractivity contribution in [2.75, 3.05) is 31.6 Å². The molecule has 0 spiro atoms. The molecule has 0 aromatic heterocycles. The van der Waals surface area contributed by atoms with E-state index in [0.717, 1.165) is 22.7 Å². The van der Waals surface area contributed by atoms with Gasteiger partial charge in [-0.2, -0.15) is 0 Å². The van der Waals surface area contributed by atoms with Gasteiger partial charge in [0.15, 0.2) is 11.5 Å². The van der Waals surface area contributed by atoms with Gasteiger partial charge in [-0.15, -0.1) is 0 Å². The lowest BCUT2D eigenvalue weighted by molar-refractivity contribution is -0.139. The number of carbonyl (C=O) groups excluding carboxylic acids is 2. The molecule has 0 saturated carbocycles. The van der Waals surface area contributed by atoms with Crippen molar-refractivity contribution < 1.29 is 27.5 Å². The molecule has 42 heavy (non-hydrogen) atoms. The molecule has 0 aliphatic carbocycles. The van der Waals surface area contributed by atoms with Crippen LogP contribution in [0.5, 0.6) is 11.5 Å². The van der Waals surface area contributed by atoms with E-state index in [4.69, 9.17) is 21.1 Å². The molecule has 226 valence electrons. The van der Waals surface area contributed by atoms with Crippen LogP contribution in [0.1, 0.15) is 37.8 Å². The summed E-state index contributed by atoms with van der Waals surface area (Å²) >= 11 is 6.20. The zero-order chi connectivity index (χ0) is 30.9. The topological polar surface area (TPSA) is 105 Å². The summed E-state index contributed by atoms with van der Waals surface area (Å²) in [6.45, 7) is 5.51. The second-order valence-electron chi connectivity index (χ2n) is 9.84. The van der Waals surface area contributed by atoms with Crippen LogP contribution in [0.2, 0.25) is 5.02 Å². The minimum absolute atomic E-state index is 0.0555. The Morgan fingerprint density at radius 2 is 1.67 bits per heavy atom. The number of benzene rings is 3. The quantitative estimate of drug-likeness (QED) is 0.250. The summed E-state index contributed by atoms with van der Waals surface area (Å²) in [5.41, 5.74) is 1.92. The van der Waals surface area contributed by atoms with Crippen molar-refractivity contribution in [2.45, 2.75) is 51.1 Å². The summed E-state index contributed by atoms with van der Waals surface area (Å²) in [5, 5.41) is 3.35. The van der Waals surface area contributed by atoms with Crippen LogP contribution in [0.4, 0.5) is 5.69 Å². The summed E-state index contributed by atoms with van der Waals surface area (Å²) in [5.74, 6) is -0.292. The van der Waals surface area contributed by atoms with Gasteiger partial charge in [-0.25, -0.2) is 8.42 Å². The number of anilines is 1. The van der Waals surface area contributed by atoms with Crippen LogP contribution in [0.3, 0.4) is 0 Å². The average molecular weight is 616 g/mol. The molecule has 3 aromatic carbocycles. The highest BCUT2D eigenvalue weighted by Gasteiger charge is 2.33. The van der Waals surface area contributed by atoms with E-state index in [9.17, 15) is 18.0 Å². The maximum Gasteiger partial charge on any atom is 0.264 e. The fourth-order valence-corrected chi connectivity index (χ4v) is 5.94. The minimum atomic E-state index is -4.27. The number of carbonyl (C=O) groups is 2. The number of hydrogen-bond donors (Lipinski definition) is 1. The lowest BCUT2D eigenvalue weighted by atomic mass is 10.1. The summed E-state index contributed by atoms with van der Waals surface area (Å²) < 4.78 is 39.8. The van der Waals surface area contributed by atoms with E-state index in [2.05, 4.69) is 5.32 Å². The molecule has 11 heteroatoms. The largest absolute Gasteiger partial charge is 0.493 e. The maximum atomic E-state index is 14.1. The van der Waals surface area contributed by atoms with E-state index < -0.39 is 28.5 Å². The van der Waals surface area contributed by atoms with E-state index in [1.165, 1.54) is 37.3 Å². The van der Waals surface area contributed by atoms with Crippen molar-refractivity contribution in [2.24, 2.45) is 0 Å². The number of amides is 2. The van der Waals surface area contributed by atoms with Gasteiger partial charge in [-0.3, -0.25) is 13.9 Å². The number of sulfonamides is 1. The van der Waals surface area contributed by atoms with Crippen LogP contribution in [0, 0.1) is 6.92 Å². The van der Waals surface area contributed by atoms with Crippen molar-refractivity contribution in [1.29, 1.82) is 0 Å². The molecule has 0 radical (unpaired) electrons. The van der Waals surface area contributed by atoms with Crippen LogP contribution >= 0.6 is 11.6 Å². The molecule has 0 fully saturated rings. The number of nitrogens with zero attached hydrogens (tertiary/aromatic N) is 2. The Kier molecular flexibility index (Phi) is 11.6. The second-order valence-corrected chi connectivity index (χ2v) is 12.1. The molecular weight excluding hydrogens is 578 g/mol. The molecule has 0 aliphatic rings. The van der Waals surface area contributed by atoms with Crippen molar-refractivity contribution in [3.8, 4) is 11.5 Å². The smallest absolute Gasteiger partial charge is 0.264 e. The summed E-state index contributed by atoms with van der Waals surface area (Å²) in [6, 6.07) is 17.2. The number of halogens is 1. The Hall–Kier alpha value is -3.76. The van der Waals surface area contributed by atoms with Crippen LogP contribution in [-0.4, -0.2) is 58.5 Å². The van der Waals surface area contributed by atoms with Crippen LogP contribution in [0.25, 0.3) is 0 Å². The van der Waals surface area contributed by atoms with Crippen LogP contribution in [0.15, 0.2) is 71.6 Å². The lowest BCUT2D eigenvalue weighted by Crippen LogP contribution is -2.51. The molecule has 0 aliphatic heterocycles. The van der Waals surface area contributed by atoms with Gasteiger partial charge in [0, 0.05) is 24.2 Å². The minimum Gasteiger partial charge on any atom is -0.493 e. The van der Waals surface area contributed by atoms with Crippen LogP contribution < -0.4 is 19.1 Å². The normalized spacial score (nSPS) is 11.9. The lowest BCUT2D eigenvalue weighted by Gasteiger charge is -2.32. The molecule has 0 heterocycles. The molecule has 0 unspecified atom stereocenters. The Morgan fingerprint density at radius 3 is 2.29 bits per heavy atom. The molecule has 0 bridgehead atoms. The molecule has 1 atom stereocenters. The monoisotopic (exact) mass is 615 g/mol. The van der Waals surface area contributed by atoms with E-state index in [1.54, 1.807) is 55.5 Å². The molecule has 3 rings (SSSR count). The zero-order valence-corrected chi connectivity index (χ0v) is 26.2. The Morgan fingerprint density at radius 1 is 0.976 bits per heavy atom. The maximum absolute atomic E-state index is 14.1. The highest BCUT2D eigenvalue weighted by Crippen LogP contribution is 2.32. The van der Waals surface area contributed by atoms with E-state index in [-0.39, 0.29) is 23.1 Å². The predicted molar refractivity (Wildman–Crippen MR) is 165 cm³/mol. The van der Waals surface area contributed by atoms with Gasteiger partial charge >= 0.3 is 0 Å². The first-order chi connectivity index (χ1) is 20.0. The molecule has 2 amide bonds. The van der Waals surface area contributed by atoms with Gasteiger partial charge < -0.3 is 19.7 Å². The predicted octanol–water partition coefficient (Wildman–Crippen LogP) is 5.19. The van der Waals surface area contributed by atoms with Gasteiger partial charge in [0.25, 0.3) is 10.0 Å². The SMILES string of the molecule is CCCCNC(=O)[C@H](C)N(Cc1cccc(Cl)c1)C(=O)CN(c1ccc(C)cc1)S(=O)(=O)c1ccc(OC)c(OC)c1. The number of aryl methyl sites for hydroxylation is 1. The molecule has 3 aromatic rings. The number of hydrogen-bond acceptors (Lipinski definition) is 6. The summed E-state index contributed by atoms with van der Waals surface area (Å²) in [7, 11) is -1.40. The van der Waals surface area contributed by atoms with Gasteiger partial charge in [0.2, 0.25) is 11.8 Å². The first-order valence-electron chi connectivity index (χ1n) is 13.6. The van der Waals surface area contributed by atoms with E-state index >= 15 is 0 Å². The number of nitrogens with one attached hydrogen (secondary N) is 1. The standard InChI is InChI=1S/C31H38ClN3O6S/c1-6-7-17-33-31(37)23(3)34(20-24-9-8-10-25(32)18-24)30(36)21-35(26-13-11-22(2)12-14-26)42(38,39)27-15-16-28(40-4)29(19-27)41-5/h8-16,18-19,23H,6-7,17,20-21H2,1-5H3,(H,33,37)/t23-/m0/s1. The second kappa shape index (κ2) is 14.9. The third-order valence-corrected chi connectivity index (χ3v) is 8.79. The van der Waals surface area contributed by atoms with Crippen LogP contribution in [-0.2, 0) is 26.2 Å². The molecule has 1 N–H and O–H groups in total. The number of ether oxygens (including phenoxy) is 2. The first-order valence-corrected chi connectivity index (χ1v) is 15.5. The van der Waals surface area contributed by atoms with Crippen molar-refractivity contribution >= 4 is 39.1 Å². The third kappa shape index (κ3) is 8.17. The number of rotatable bonds is 14. The Bertz CT molecular complexity index is 1480. The average Bonchev–Trinajstić information content (AvgIpc) is 2.98. The van der Waals surface area contributed by atoms with E-state index in [1.807, 2.05) is 13.8 Å². The van der Waals surface area contributed by atoms with Crippen molar-refractivity contribution in [3.05, 3.63) is 82.9 Å². The van der Waals surface area contributed by atoms with Gasteiger partial charge in [-0.05, 0) is 62.2 Å². The zero-order valence-electron chi connectivity index (χ0n) is 24.6. The van der Waals surface area contributed by atoms with Gasteiger partial charge in [0.1, 0.15) is 12.6 Å². The Balaban J connectivity index is 2.04. The van der Waals surface area contributed by atoms with Crippen molar-refractivity contribution in [1.82, 2.24) is 10.2 Å². The number of unbranched alkanes of at least 4 members (excludes halogenated alkanes) is 1. The third-order valence-electron chi connectivity index (χ3n) is 6.78. The fourth-order valence-electron chi connectivity index (χ4n) is 4.29. The molecule has 9 nitrogen and oxygen atoms in total. The summed E-state index contributed by atoms with van der Waals surface area (Å²) in [6.07, 6.45) is 1.70. The highest BCUT2D eigenvalue weighted by atomic mass is 35.5.